The van der Waals surface area contributed by atoms with E-state index < -0.39 is 0 Å². The van der Waals surface area contributed by atoms with Gasteiger partial charge in [0.15, 0.2) is 0 Å². The Kier molecular flexibility index (Phi) is 12.8. The molecule has 0 rings (SSSR count). The van der Waals surface area contributed by atoms with Crippen LogP contribution in [0.25, 0.3) is 0 Å². The third-order valence-electron chi connectivity index (χ3n) is 2.24. The lowest BCUT2D eigenvalue weighted by Gasteiger charge is -2.13. The Labute approximate surface area is 99.6 Å². The first-order valence-corrected chi connectivity index (χ1v) is 6.19. The van der Waals surface area contributed by atoms with Gasteiger partial charge < -0.3 is 19.5 Å². The van der Waals surface area contributed by atoms with Gasteiger partial charge in [-0.1, -0.05) is 6.92 Å². The zero-order chi connectivity index (χ0) is 12.1. The average Bonchev–Trinajstić information content (AvgIpc) is 2.30. The van der Waals surface area contributed by atoms with Gasteiger partial charge in [0.05, 0.1) is 26.4 Å². The molecule has 0 amide bonds. The van der Waals surface area contributed by atoms with Crippen LogP contribution >= 0.6 is 0 Å². The SMILES string of the molecule is CCCNC(C)CCOCCOCCOC. The number of hydrogen-bond donors (Lipinski definition) is 1. The van der Waals surface area contributed by atoms with Gasteiger partial charge in [0, 0.05) is 19.8 Å². The van der Waals surface area contributed by atoms with Crippen molar-refractivity contribution in [3.63, 3.8) is 0 Å². The van der Waals surface area contributed by atoms with Crippen LogP contribution in [0.15, 0.2) is 0 Å². The van der Waals surface area contributed by atoms with Gasteiger partial charge in [-0.3, -0.25) is 0 Å². The fraction of sp³-hybridized carbons (Fsp3) is 1.00. The highest BCUT2D eigenvalue weighted by Crippen LogP contribution is 1.92. The molecule has 0 aliphatic rings. The Morgan fingerprint density at radius 2 is 1.62 bits per heavy atom. The van der Waals surface area contributed by atoms with Gasteiger partial charge in [-0.05, 0) is 26.3 Å². The van der Waals surface area contributed by atoms with Crippen LogP contribution in [0.3, 0.4) is 0 Å². The van der Waals surface area contributed by atoms with Crippen LogP contribution in [0.1, 0.15) is 26.7 Å². The van der Waals surface area contributed by atoms with E-state index in [1.165, 1.54) is 6.42 Å². The van der Waals surface area contributed by atoms with E-state index in [4.69, 9.17) is 14.2 Å². The summed E-state index contributed by atoms with van der Waals surface area (Å²) in [7, 11) is 1.67. The summed E-state index contributed by atoms with van der Waals surface area (Å²) >= 11 is 0. The summed E-state index contributed by atoms with van der Waals surface area (Å²) in [6.45, 7) is 8.87. The maximum Gasteiger partial charge on any atom is 0.0701 e. The molecule has 1 N–H and O–H groups in total. The summed E-state index contributed by atoms with van der Waals surface area (Å²) in [5.74, 6) is 0. The van der Waals surface area contributed by atoms with Gasteiger partial charge in [0.2, 0.25) is 0 Å². The Hall–Kier alpha value is -0.160. The van der Waals surface area contributed by atoms with Gasteiger partial charge in [0.1, 0.15) is 0 Å². The van der Waals surface area contributed by atoms with Gasteiger partial charge in [-0.25, -0.2) is 0 Å². The summed E-state index contributed by atoms with van der Waals surface area (Å²) < 4.78 is 15.6. The first-order chi connectivity index (χ1) is 7.81. The van der Waals surface area contributed by atoms with Crippen LogP contribution < -0.4 is 5.32 Å². The second-order valence-corrected chi connectivity index (χ2v) is 3.86. The molecule has 0 saturated carbocycles. The van der Waals surface area contributed by atoms with E-state index in [9.17, 15) is 0 Å². The van der Waals surface area contributed by atoms with Crippen molar-refractivity contribution in [3.05, 3.63) is 0 Å². The molecule has 0 spiro atoms. The van der Waals surface area contributed by atoms with Crippen LogP contribution in [-0.4, -0.2) is 52.7 Å². The number of ether oxygens (including phenoxy) is 3. The third-order valence-corrected chi connectivity index (χ3v) is 2.24. The molecule has 0 bridgehead atoms. The predicted octanol–water partition coefficient (Wildman–Crippen LogP) is 1.44. The topological polar surface area (TPSA) is 39.7 Å². The van der Waals surface area contributed by atoms with Crippen LogP contribution in [0.2, 0.25) is 0 Å². The first-order valence-electron chi connectivity index (χ1n) is 6.19. The quantitative estimate of drug-likeness (QED) is 0.518. The summed E-state index contributed by atoms with van der Waals surface area (Å²) in [6, 6.07) is 0.536. The highest BCUT2D eigenvalue weighted by Gasteiger charge is 1.99. The minimum atomic E-state index is 0.536. The predicted molar refractivity (Wildman–Crippen MR) is 65.9 cm³/mol. The molecule has 1 atom stereocenters. The van der Waals surface area contributed by atoms with Gasteiger partial charge >= 0.3 is 0 Å². The molecule has 0 aromatic heterocycles. The van der Waals surface area contributed by atoms with Crippen molar-refractivity contribution in [2.24, 2.45) is 0 Å². The zero-order valence-electron chi connectivity index (χ0n) is 11.0. The summed E-state index contributed by atoms with van der Waals surface area (Å²) in [6.07, 6.45) is 2.23. The van der Waals surface area contributed by atoms with Gasteiger partial charge in [-0.15, -0.1) is 0 Å². The van der Waals surface area contributed by atoms with E-state index >= 15 is 0 Å². The zero-order valence-corrected chi connectivity index (χ0v) is 11.0. The Bertz CT molecular complexity index is 133. The Morgan fingerprint density at radius 3 is 2.25 bits per heavy atom. The molecule has 0 fully saturated rings. The molecule has 0 aliphatic carbocycles. The number of hydrogen-bond acceptors (Lipinski definition) is 4. The second-order valence-electron chi connectivity index (χ2n) is 3.86. The molecule has 0 aliphatic heterocycles. The summed E-state index contributed by atoms with van der Waals surface area (Å²) in [5, 5.41) is 3.42. The van der Waals surface area contributed by atoms with Crippen LogP contribution in [0.4, 0.5) is 0 Å². The lowest BCUT2D eigenvalue weighted by molar-refractivity contribution is 0.0231. The average molecular weight is 233 g/mol. The largest absolute Gasteiger partial charge is 0.382 e. The van der Waals surface area contributed by atoms with Crippen LogP contribution in [0.5, 0.6) is 0 Å². The van der Waals surface area contributed by atoms with Gasteiger partial charge in [0.25, 0.3) is 0 Å². The molecule has 0 aromatic rings. The molecular formula is C12H27NO3. The monoisotopic (exact) mass is 233 g/mol. The van der Waals surface area contributed by atoms with E-state index in [1.54, 1.807) is 7.11 Å². The molecule has 1 unspecified atom stereocenters. The van der Waals surface area contributed by atoms with Crippen molar-refractivity contribution in [2.75, 3.05) is 46.7 Å². The van der Waals surface area contributed by atoms with E-state index in [2.05, 4.69) is 19.2 Å². The molecule has 98 valence electrons. The standard InChI is InChI=1S/C12H27NO3/c1-4-6-13-12(2)5-7-15-10-11-16-9-8-14-3/h12-13H,4-11H2,1-3H3. The lowest BCUT2D eigenvalue weighted by Crippen LogP contribution is -2.28. The van der Waals surface area contributed by atoms with Gasteiger partial charge in [-0.2, -0.15) is 0 Å². The third kappa shape index (κ3) is 11.9. The maximum atomic E-state index is 5.46. The van der Waals surface area contributed by atoms with Crippen molar-refractivity contribution in [1.29, 1.82) is 0 Å². The smallest absolute Gasteiger partial charge is 0.0701 e. The summed E-state index contributed by atoms with van der Waals surface area (Å²) in [5.41, 5.74) is 0. The molecule has 0 saturated heterocycles. The minimum Gasteiger partial charge on any atom is -0.382 e. The second kappa shape index (κ2) is 12.9. The maximum absolute atomic E-state index is 5.46. The van der Waals surface area contributed by atoms with E-state index in [1.807, 2.05) is 0 Å². The molecule has 16 heavy (non-hydrogen) atoms. The molecule has 0 aromatic carbocycles. The van der Waals surface area contributed by atoms with Crippen molar-refractivity contribution in [3.8, 4) is 0 Å². The highest BCUT2D eigenvalue weighted by atomic mass is 16.5. The highest BCUT2D eigenvalue weighted by molar-refractivity contribution is 4.58. The first kappa shape index (κ1) is 15.8. The molecular weight excluding hydrogens is 206 g/mol. The van der Waals surface area contributed by atoms with Crippen molar-refractivity contribution < 1.29 is 14.2 Å². The van der Waals surface area contributed by atoms with Crippen LogP contribution in [0, 0.1) is 0 Å². The fourth-order valence-corrected chi connectivity index (χ4v) is 1.22. The number of nitrogens with one attached hydrogen (secondary N) is 1. The number of rotatable bonds is 12. The fourth-order valence-electron chi connectivity index (χ4n) is 1.22. The van der Waals surface area contributed by atoms with Crippen molar-refractivity contribution in [1.82, 2.24) is 5.32 Å². The normalized spacial score (nSPS) is 12.9. The molecule has 4 heteroatoms. The van der Waals surface area contributed by atoms with Crippen molar-refractivity contribution in [2.45, 2.75) is 32.7 Å². The van der Waals surface area contributed by atoms with E-state index in [0.717, 1.165) is 19.6 Å². The molecule has 4 nitrogen and oxygen atoms in total. The Balaban J connectivity index is 3.02. The summed E-state index contributed by atoms with van der Waals surface area (Å²) in [4.78, 5) is 0. The molecule has 0 radical (unpaired) electrons. The number of methoxy groups -OCH3 is 1. The minimum absolute atomic E-state index is 0.536. The molecule has 0 heterocycles. The lowest BCUT2D eigenvalue weighted by atomic mass is 10.2. The Morgan fingerprint density at radius 1 is 1.00 bits per heavy atom. The van der Waals surface area contributed by atoms with Crippen molar-refractivity contribution >= 4 is 0 Å². The van der Waals surface area contributed by atoms with E-state index in [-0.39, 0.29) is 0 Å². The van der Waals surface area contributed by atoms with E-state index in [0.29, 0.717) is 32.5 Å². The van der Waals surface area contributed by atoms with Crippen LogP contribution in [-0.2, 0) is 14.2 Å².